The second-order valence-corrected chi connectivity index (χ2v) is 8.33. The molecule has 0 amide bonds. The Morgan fingerprint density at radius 3 is 2.53 bits per heavy atom. The van der Waals surface area contributed by atoms with Crippen molar-refractivity contribution in [2.24, 2.45) is 4.99 Å². The molecule has 1 aromatic heterocycles. The number of hydrogen-bond donors (Lipinski definition) is 2. The monoisotopic (exact) mass is 546 g/mol. The molecule has 0 spiro atoms. The Hall–Kier alpha value is -2.13. The first-order valence-electron chi connectivity index (χ1n) is 11.4. The minimum atomic E-state index is 0. The second kappa shape index (κ2) is 12.2. The Balaban J connectivity index is 0.00000289. The highest BCUT2D eigenvalue weighted by atomic mass is 127. The van der Waals surface area contributed by atoms with Crippen LogP contribution in [0.2, 0.25) is 0 Å². The molecule has 4 rings (SSSR count). The van der Waals surface area contributed by atoms with Crippen LogP contribution in [0.25, 0.3) is 11.0 Å². The quantitative estimate of drug-likeness (QED) is 0.202. The normalized spacial score (nSPS) is 15.5. The number of nitrogens with zero attached hydrogens (tertiary/aromatic N) is 4. The van der Waals surface area contributed by atoms with Gasteiger partial charge in [-0.3, -0.25) is 9.89 Å². The number of para-hydroxylation sites is 2. The summed E-state index contributed by atoms with van der Waals surface area (Å²) >= 11 is 0. The maximum atomic E-state index is 4.66. The fraction of sp³-hybridized carbons (Fsp3) is 0.440. The Morgan fingerprint density at radius 1 is 1.06 bits per heavy atom. The van der Waals surface area contributed by atoms with E-state index in [0.717, 1.165) is 69.3 Å². The molecule has 1 saturated heterocycles. The fourth-order valence-corrected chi connectivity index (χ4v) is 4.39. The largest absolute Gasteiger partial charge is 0.356 e. The molecule has 0 saturated carbocycles. The summed E-state index contributed by atoms with van der Waals surface area (Å²) in [5.74, 6) is 1.99. The van der Waals surface area contributed by atoms with Crippen molar-refractivity contribution < 1.29 is 0 Å². The Kier molecular flexibility index (Phi) is 9.35. The van der Waals surface area contributed by atoms with E-state index in [0.29, 0.717) is 6.04 Å². The molecule has 7 heteroatoms. The number of fused-ring (bicyclic) bond motifs is 1. The molecule has 2 heterocycles. The highest BCUT2D eigenvalue weighted by molar-refractivity contribution is 14.0. The van der Waals surface area contributed by atoms with Crippen LogP contribution in [-0.4, -0.2) is 53.1 Å². The molecular weight excluding hydrogens is 511 g/mol. The van der Waals surface area contributed by atoms with E-state index in [-0.39, 0.29) is 24.0 Å². The fourth-order valence-electron chi connectivity index (χ4n) is 4.39. The molecule has 1 aliphatic heterocycles. The standard InChI is InChI=1S/C25H34N6.HI/c1-20-28-23-11-6-7-12-24(23)31(20)16-8-15-27-25(26-2)29-22-13-17-30(18-14-22)19-21-9-4-3-5-10-21;/h3-7,9-12,22H,8,13-19H2,1-2H3,(H2,26,27,29);1H. The van der Waals surface area contributed by atoms with Gasteiger partial charge in [-0.2, -0.15) is 0 Å². The van der Waals surface area contributed by atoms with Gasteiger partial charge in [-0.05, 0) is 43.9 Å². The number of likely N-dealkylation sites (tertiary alicyclic amines) is 1. The van der Waals surface area contributed by atoms with E-state index in [2.05, 4.69) is 85.5 Å². The van der Waals surface area contributed by atoms with Gasteiger partial charge in [-0.25, -0.2) is 4.98 Å². The van der Waals surface area contributed by atoms with Gasteiger partial charge in [0.1, 0.15) is 5.82 Å². The van der Waals surface area contributed by atoms with Gasteiger partial charge in [0.25, 0.3) is 0 Å². The van der Waals surface area contributed by atoms with Crippen LogP contribution in [0.3, 0.4) is 0 Å². The first kappa shape index (κ1) is 24.5. The molecule has 1 aliphatic rings. The maximum absolute atomic E-state index is 4.66. The summed E-state index contributed by atoms with van der Waals surface area (Å²) in [6, 6.07) is 19.6. The van der Waals surface area contributed by atoms with E-state index in [4.69, 9.17) is 0 Å². The molecule has 0 atom stereocenters. The van der Waals surface area contributed by atoms with Crippen molar-refractivity contribution in [3.05, 3.63) is 66.0 Å². The second-order valence-electron chi connectivity index (χ2n) is 8.33. The SMILES string of the molecule is CN=C(NCCCn1c(C)nc2ccccc21)NC1CCN(Cc2ccccc2)CC1.I. The van der Waals surface area contributed by atoms with E-state index in [1.165, 1.54) is 11.1 Å². The Bertz CT molecular complexity index is 992. The van der Waals surface area contributed by atoms with Crippen LogP contribution < -0.4 is 10.6 Å². The molecule has 0 bridgehead atoms. The van der Waals surface area contributed by atoms with Gasteiger partial charge in [-0.1, -0.05) is 42.5 Å². The van der Waals surface area contributed by atoms with Gasteiger partial charge in [0.2, 0.25) is 0 Å². The number of piperidine rings is 1. The maximum Gasteiger partial charge on any atom is 0.191 e. The summed E-state index contributed by atoms with van der Waals surface area (Å²) in [6.45, 7) is 7.21. The molecule has 3 aromatic rings. The van der Waals surface area contributed by atoms with Crippen molar-refractivity contribution in [1.82, 2.24) is 25.1 Å². The summed E-state index contributed by atoms with van der Waals surface area (Å²) in [5, 5.41) is 7.11. The van der Waals surface area contributed by atoms with Crippen LogP contribution in [0.4, 0.5) is 0 Å². The van der Waals surface area contributed by atoms with Crippen LogP contribution >= 0.6 is 24.0 Å². The first-order chi connectivity index (χ1) is 15.2. The molecule has 172 valence electrons. The zero-order valence-corrected chi connectivity index (χ0v) is 21.5. The topological polar surface area (TPSA) is 57.5 Å². The lowest BCUT2D eigenvalue weighted by Gasteiger charge is -2.33. The van der Waals surface area contributed by atoms with Gasteiger partial charge in [0.15, 0.2) is 5.96 Å². The van der Waals surface area contributed by atoms with Crippen molar-refractivity contribution in [2.45, 2.75) is 45.3 Å². The average molecular weight is 547 g/mol. The summed E-state index contributed by atoms with van der Waals surface area (Å²) in [5.41, 5.74) is 3.68. The third-order valence-electron chi connectivity index (χ3n) is 6.10. The van der Waals surface area contributed by atoms with Gasteiger partial charge in [-0.15, -0.1) is 24.0 Å². The Morgan fingerprint density at radius 2 is 1.78 bits per heavy atom. The van der Waals surface area contributed by atoms with Crippen LogP contribution in [0.15, 0.2) is 59.6 Å². The van der Waals surface area contributed by atoms with Crippen molar-refractivity contribution >= 4 is 41.0 Å². The molecule has 32 heavy (non-hydrogen) atoms. The Labute approximate surface area is 208 Å². The lowest BCUT2D eigenvalue weighted by molar-refractivity contribution is 0.198. The van der Waals surface area contributed by atoms with E-state index in [1.807, 2.05) is 13.1 Å². The first-order valence-corrected chi connectivity index (χ1v) is 11.4. The molecule has 0 unspecified atom stereocenters. The van der Waals surface area contributed by atoms with Gasteiger partial charge < -0.3 is 15.2 Å². The number of aliphatic imine (C=N–C) groups is 1. The van der Waals surface area contributed by atoms with Crippen molar-refractivity contribution in [2.75, 3.05) is 26.7 Å². The number of halogens is 1. The predicted molar refractivity (Wildman–Crippen MR) is 144 cm³/mol. The van der Waals surface area contributed by atoms with E-state index in [1.54, 1.807) is 0 Å². The molecule has 0 aliphatic carbocycles. The number of hydrogen-bond acceptors (Lipinski definition) is 3. The van der Waals surface area contributed by atoms with Crippen molar-refractivity contribution in [3.63, 3.8) is 0 Å². The van der Waals surface area contributed by atoms with Gasteiger partial charge in [0.05, 0.1) is 11.0 Å². The van der Waals surface area contributed by atoms with Crippen LogP contribution in [0.1, 0.15) is 30.7 Å². The lowest BCUT2D eigenvalue weighted by Crippen LogP contribution is -2.48. The molecule has 2 aromatic carbocycles. The number of aromatic nitrogens is 2. The third kappa shape index (κ3) is 6.45. The minimum absolute atomic E-state index is 0. The molecular formula is C25H35IN6. The zero-order chi connectivity index (χ0) is 21.5. The zero-order valence-electron chi connectivity index (χ0n) is 19.1. The van der Waals surface area contributed by atoms with E-state index < -0.39 is 0 Å². The number of benzene rings is 2. The minimum Gasteiger partial charge on any atom is -0.356 e. The molecule has 1 fully saturated rings. The molecule has 0 radical (unpaired) electrons. The van der Waals surface area contributed by atoms with Gasteiger partial charge in [0, 0.05) is 45.8 Å². The number of imidazole rings is 1. The highest BCUT2D eigenvalue weighted by Crippen LogP contribution is 2.16. The molecule has 6 nitrogen and oxygen atoms in total. The summed E-state index contributed by atoms with van der Waals surface area (Å²) in [4.78, 5) is 11.6. The van der Waals surface area contributed by atoms with E-state index in [9.17, 15) is 0 Å². The van der Waals surface area contributed by atoms with E-state index >= 15 is 0 Å². The lowest BCUT2D eigenvalue weighted by atomic mass is 10.0. The summed E-state index contributed by atoms with van der Waals surface area (Å²) in [7, 11) is 1.85. The average Bonchev–Trinajstić information content (AvgIpc) is 3.12. The predicted octanol–water partition coefficient (Wildman–Crippen LogP) is 4.18. The third-order valence-corrected chi connectivity index (χ3v) is 6.10. The number of rotatable bonds is 7. The van der Waals surface area contributed by atoms with Crippen molar-refractivity contribution in [3.8, 4) is 0 Å². The number of guanidine groups is 1. The van der Waals surface area contributed by atoms with Gasteiger partial charge >= 0.3 is 0 Å². The van der Waals surface area contributed by atoms with Crippen molar-refractivity contribution in [1.29, 1.82) is 0 Å². The van der Waals surface area contributed by atoms with Crippen LogP contribution in [0, 0.1) is 6.92 Å². The smallest absolute Gasteiger partial charge is 0.191 e. The number of aryl methyl sites for hydroxylation is 2. The summed E-state index contributed by atoms with van der Waals surface area (Å²) < 4.78 is 2.30. The summed E-state index contributed by atoms with van der Waals surface area (Å²) in [6.07, 6.45) is 3.32. The van der Waals surface area contributed by atoms with Crippen LogP contribution in [-0.2, 0) is 13.1 Å². The molecule has 2 N–H and O–H groups in total. The number of nitrogens with one attached hydrogen (secondary N) is 2. The highest BCUT2D eigenvalue weighted by Gasteiger charge is 2.20. The van der Waals surface area contributed by atoms with Crippen LogP contribution in [0.5, 0.6) is 0 Å².